The molecule has 0 saturated heterocycles. The van der Waals surface area contributed by atoms with E-state index in [1.54, 1.807) is 0 Å². The van der Waals surface area contributed by atoms with Crippen LogP contribution in [-0.2, 0) is 39.4 Å². The molecule has 4 heavy (non-hydrogen) atoms. The summed E-state index contributed by atoms with van der Waals surface area (Å²) in [5, 5.41) is 0. The zero-order valence-corrected chi connectivity index (χ0v) is 14.0. The zero-order valence-electron chi connectivity index (χ0n) is 2.02. The molecule has 0 nitrogen and oxygen atoms in total. The Morgan fingerprint density at radius 2 is 1.00 bits per heavy atom. The molecular formula is H6AgBiCuSb. The van der Waals surface area contributed by atoms with Crippen LogP contribution in [0.4, 0.5) is 0 Å². The van der Waals surface area contributed by atoms with Crippen LogP contribution >= 0.6 is 0 Å². The van der Waals surface area contributed by atoms with Crippen LogP contribution in [0.1, 0.15) is 0 Å². The first-order valence-electron chi connectivity index (χ1n) is 0. The summed E-state index contributed by atoms with van der Waals surface area (Å²) in [5.74, 6) is 0. The van der Waals surface area contributed by atoms with Gasteiger partial charge in [-0.25, -0.2) is 0 Å². The first-order valence-corrected chi connectivity index (χ1v) is 0. The van der Waals surface area contributed by atoms with Crippen molar-refractivity contribution in [3.8, 4) is 0 Å². The Morgan fingerprint density at radius 3 is 1.00 bits per heavy atom. The molecule has 0 aromatic heterocycles. The van der Waals surface area contributed by atoms with Crippen LogP contribution in [0.2, 0.25) is 0 Å². The van der Waals surface area contributed by atoms with Gasteiger partial charge in [0.25, 0.3) is 0 Å². The van der Waals surface area contributed by atoms with E-state index in [4.69, 9.17) is 0 Å². The normalized spacial score (nSPS) is 0. The predicted molar refractivity (Wildman–Crippen MR) is 19.9 cm³/mol. The molecule has 0 heterocycles. The fourth-order valence-corrected chi connectivity index (χ4v) is 0. The summed E-state index contributed by atoms with van der Waals surface area (Å²) in [6.45, 7) is 0. The van der Waals surface area contributed by atoms with Gasteiger partial charge in [0.2, 0.25) is 0 Å². The van der Waals surface area contributed by atoms with Gasteiger partial charge in [0.1, 0.15) is 0 Å². The van der Waals surface area contributed by atoms with Crippen molar-refractivity contribution >= 4 is 50.6 Å². The molecular weight excluding hydrogens is 502 g/mol. The summed E-state index contributed by atoms with van der Waals surface area (Å²) in [4.78, 5) is 0. The Balaban J connectivity index is 0. The molecule has 38 valence electrons. The van der Waals surface area contributed by atoms with Crippen LogP contribution in [0, 0.1) is 0 Å². The van der Waals surface area contributed by atoms with Gasteiger partial charge >= 0.3 is 50.6 Å². The second-order valence-corrected chi connectivity index (χ2v) is 0. The molecule has 0 aliphatic rings. The molecule has 0 aromatic carbocycles. The molecule has 4 heteroatoms. The first kappa shape index (κ1) is 28.2. The monoisotopic (exact) mass is 506 g/mol. The van der Waals surface area contributed by atoms with E-state index < -0.39 is 0 Å². The van der Waals surface area contributed by atoms with Crippen molar-refractivity contribution in [1.29, 1.82) is 0 Å². The van der Waals surface area contributed by atoms with Gasteiger partial charge in [-0.1, -0.05) is 0 Å². The molecule has 0 saturated carbocycles. The van der Waals surface area contributed by atoms with Gasteiger partial charge in [0.15, 0.2) is 0 Å². The first-order chi connectivity index (χ1) is 0. The molecule has 0 amide bonds. The second-order valence-electron chi connectivity index (χ2n) is 0. The topological polar surface area (TPSA) is 0 Å². The van der Waals surface area contributed by atoms with Gasteiger partial charge < -0.3 is 0 Å². The van der Waals surface area contributed by atoms with Crippen LogP contribution < -0.4 is 0 Å². The van der Waals surface area contributed by atoms with Gasteiger partial charge in [-0.15, -0.1) is 0 Å². The molecule has 0 aliphatic carbocycles. The third-order valence-corrected chi connectivity index (χ3v) is 0. The van der Waals surface area contributed by atoms with Crippen molar-refractivity contribution in [3.63, 3.8) is 0 Å². The molecule has 0 aliphatic heterocycles. The van der Waals surface area contributed by atoms with Crippen molar-refractivity contribution in [2.24, 2.45) is 0 Å². The quantitative estimate of drug-likeness (QED) is 0.321. The second kappa shape index (κ2) is 16.7. The van der Waals surface area contributed by atoms with Crippen LogP contribution in [0.5, 0.6) is 0 Å². The number of hydrogen-bond donors (Lipinski definition) is 0. The van der Waals surface area contributed by atoms with E-state index in [0.717, 1.165) is 0 Å². The van der Waals surface area contributed by atoms with Crippen molar-refractivity contribution in [2.75, 3.05) is 0 Å². The van der Waals surface area contributed by atoms with Gasteiger partial charge in [-0.2, -0.15) is 0 Å². The van der Waals surface area contributed by atoms with Gasteiger partial charge in [0, 0.05) is 39.4 Å². The molecule has 0 unspecified atom stereocenters. The summed E-state index contributed by atoms with van der Waals surface area (Å²) >= 11 is 0. The van der Waals surface area contributed by atoms with Gasteiger partial charge in [0.05, 0.1) is 0 Å². The molecule has 0 rings (SSSR count). The van der Waals surface area contributed by atoms with Crippen molar-refractivity contribution in [2.45, 2.75) is 0 Å². The van der Waals surface area contributed by atoms with Crippen LogP contribution in [0.15, 0.2) is 0 Å². The Kier molecular flexibility index (Phi) is 118. The van der Waals surface area contributed by atoms with E-state index in [2.05, 4.69) is 0 Å². The van der Waals surface area contributed by atoms with Gasteiger partial charge in [-0.05, 0) is 0 Å². The maximum atomic E-state index is 0. The number of rotatable bonds is 0. The Hall–Kier alpha value is 2.96. The summed E-state index contributed by atoms with van der Waals surface area (Å²) < 4.78 is 0. The van der Waals surface area contributed by atoms with E-state index >= 15 is 0 Å². The van der Waals surface area contributed by atoms with E-state index in [0.29, 0.717) is 0 Å². The Bertz CT molecular complexity index is 8.00. The molecule has 0 spiro atoms. The number of hydrogen-bond acceptors (Lipinski definition) is 0. The third kappa shape index (κ3) is 8.88. The molecule has 2 radical (unpaired) electrons. The van der Waals surface area contributed by atoms with Gasteiger partial charge in [-0.3, -0.25) is 0 Å². The molecule has 0 atom stereocenters. The van der Waals surface area contributed by atoms with Crippen molar-refractivity contribution in [3.05, 3.63) is 0 Å². The van der Waals surface area contributed by atoms with Crippen LogP contribution in [-0.4, -0.2) is 50.6 Å². The third-order valence-electron chi connectivity index (χ3n) is 0. The molecule has 0 aromatic rings. The van der Waals surface area contributed by atoms with E-state index in [1.165, 1.54) is 0 Å². The summed E-state index contributed by atoms with van der Waals surface area (Å²) in [7, 11) is 0. The minimum atomic E-state index is 0. The van der Waals surface area contributed by atoms with Crippen LogP contribution in [0.25, 0.3) is 0 Å². The van der Waals surface area contributed by atoms with E-state index in [-0.39, 0.29) is 90.1 Å². The fraction of sp³-hybridized carbons (Fsp3) is 0. The van der Waals surface area contributed by atoms with E-state index in [9.17, 15) is 0 Å². The average molecular weight is 508 g/mol. The summed E-state index contributed by atoms with van der Waals surface area (Å²) in [6, 6.07) is 0. The maximum absolute atomic E-state index is 0. The SMILES string of the molecule is [Ag].[BiH3].[Cu].[SbH3]. The fourth-order valence-electron chi connectivity index (χ4n) is 0. The minimum absolute atomic E-state index is 0. The van der Waals surface area contributed by atoms with Crippen LogP contribution in [0.3, 0.4) is 0 Å². The molecule has 0 bridgehead atoms. The van der Waals surface area contributed by atoms with Crippen molar-refractivity contribution in [1.82, 2.24) is 0 Å². The molecule has 0 fully saturated rings. The zero-order chi connectivity index (χ0) is 0. The summed E-state index contributed by atoms with van der Waals surface area (Å²) in [5.41, 5.74) is 0. The molecule has 0 N–H and O–H groups in total. The van der Waals surface area contributed by atoms with E-state index in [1.807, 2.05) is 0 Å². The Morgan fingerprint density at radius 1 is 1.00 bits per heavy atom. The summed E-state index contributed by atoms with van der Waals surface area (Å²) in [6.07, 6.45) is 0. The Labute approximate surface area is 88.4 Å². The predicted octanol–water partition coefficient (Wildman–Crippen LogP) is -2.37. The average Bonchev–Trinajstić information content (AvgIpc) is 0. The standard InChI is InChI=1S/Ag.Bi.Cu.Sb.6H. The van der Waals surface area contributed by atoms with Crippen molar-refractivity contribution < 1.29 is 39.4 Å².